The fourth-order valence-corrected chi connectivity index (χ4v) is 1.80. The molecule has 5 heteroatoms. The van der Waals surface area contributed by atoms with Crippen LogP contribution >= 0.6 is 0 Å². The lowest BCUT2D eigenvalue weighted by atomic mass is 10.1. The zero-order chi connectivity index (χ0) is 14.4. The number of carbonyl (C=O) groups excluding carboxylic acids is 1. The van der Waals surface area contributed by atoms with E-state index in [4.69, 9.17) is 10.5 Å². The number of nitrogens with two attached hydrogens (primary N) is 1. The van der Waals surface area contributed by atoms with Crippen LogP contribution < -0.4 is 15.8 Å². The molecule has 104 valence electrons. The first-order valence-corrected chi connectivity index (χ1v) is 6.28. The number of nitrogens with zero attached hydrogens (tertiary/aromatic N) is 1. The van der Waals surface area contributed by atoms with Crippen LogP contribution in [0.2, 0.25) is 0 Å². The smallest absolute Gasteiger partial charge is 0.255 e. The Hall–Kier alpha value is -2.40. The summed E-state index contributed by atoms with van der Waals surface area (Å²) in [5.74, 6) is 0.274. The minimum absolute atomic E-state index is 0.188. The fraction of sp³-hybridized carbons (Fsp3) is 0.200. The molecule has 2 aromatic rings. The number of rotatable bonds is 5. The maximum atomic E-state index is 12.1. The van der Waals surface area contributed by atoms with Gasteiger partial charge in [-0.25, -0.2) is 0 Å². The minimum atomic E-state index is -0.188. The van der Waals surface area contributed by atoms with Gasteiger partial charge in [-0.2, -0.15) is 0 Å². The molecule has 0 fully saturated rings. The number of hydrogen-bond donors (Lipinski definition) is 2. The molecule has 0 atom stereocenters. The van der Waals surface area contributed by atoms with Crippen LogP contribution in [0.3, 0.4) is 0 Å². The van der Waals surface area contributed by atoms with Crippen molar-refractivity contribution in [3.05, 3.63) is 59.4 Å². The van der Waals surface area contributed by atoms with Crippen LogP contribution in [0.5, 0.6) is 5.75 Å². The van der Waals surface area contributed by atoms with E-state index in [9.17, 15) is 4.79 Å². The van der Waals surface area contributed by atoms with Gasteiger partial charge >= 0.3 is 0 Å². The van der Waals surface area contributed by atoms with Crippen LogP contribution in [0.1, 0.15) is 21.5 Å². The van der Waals surface area contributed by atoms with Gasteiger partial charge in [-0.15, -0.1) is 0 Å². The van der Waals surface area contributed by atoms with Gasteiger partial charge in [0.1, 0.15) is 5.75 Å². The zero-order valence-corrected chi connectivity index (χ0v) is 11.3. The number of pyridine rings is 1. The third-order valence-electron chi connectivity index (χ3n) is 2.96. The molecule has 2 rings (SSSR count). The lowest BCUT2D eigenvalue weighted by Gasteiger charge is -2.09. The monoisotopic (exact) mass is 271 g/mol. The molecule has 1 amide bonds. The van der Waals surface area contributed by atoms with Gasteiger partial charge in [-0.3, -0.25) is 9.78 Å². The normalized spacial score (nSPS) is 10.1. The average molecular weight is 271 g/mol. The third kappa shape index (κ3) is 3.33. The van der Waals surface area contributed by atoms with Crippen molar-refractivity contribution >= 4 is 5.91 Å². The largest absolute Gasteiger partial charge is 0.494 e. The standard InChI is InChI=1S/C15H17N3O2/c1-20-14-10-17-7-6-13(14)15(19)18-9-12-4-2-11(8-16)3-5-12/h2-7,10H,8-9,16H2,1H3,(H,18,19). The summed E-state index contributed by atoms with van der Waals surface area (Å²) in [5, 5.41) is 2.85. The van der Waals surface area contributed by atoms with Crippen molar-refractivity contribution in [3.8, 4) is 5.75 Å². The molecule has 0 saturated carbocycles. The molecule has 1 heterocycles. The maximum Gasteiger partial charge on any atom is 0.255 e. The summed E-state index contributed by atoms with van der Waals surface area (Å²) in [6.45, 7) is 0.968. The highest BCUT2D eigenvalue weighted by atomic mass is 16.5. The lowest BCUT2D eigenvalue weighted by Crippen LogP contribution is -2.23. The van der Waals surface area contributed by atoms with Crippen molar-refractivity contribution in [2.45, 2.75) is 13.1 Å². The SMILES string of the molecule is COc1cnccc1C(=O)NCc1ccc(CN)cc1. The number of benzene rings is 1. The zero-order valence-electron chi connectivity index (χ0n) is 11.3. The second-order valence-electron chi connectivity index (χ2n) is 4.28. The summed E-state index contributed by atoms with van der Waals surface area (Å²) < 4.78 is 5.11. The minimum Gasteiger partial charge on any atom is -0.494 e. The van der Waals surface area contributed by atoms with Crippen molar-refractivity contribution in [1.82, 2.24) is 10.3 Å². The number of carbonyl (C=O) groups is 1. The molecule has 1 aromatic carbocycles. The number of amides is 1. The fourth-order valence-electron chi connectivity index (χ4n) is 1.80. The van der Waals surface area contributed by atoms with Crippen molar-refractivity contribution in [2.75, 3.05) is 7.11 Å². The number of hydrogen-bond acceptors (Lipinski definition) is 4. The highest BCUT2D eigenvalue weighted by Gasteiger charge is 2.11. The van der Waals surface area contributed by atoms with Crippen LogP contribution in [-0.4, -0.2) is 18.0 Å². The van der Waals surface area contributed by atoms with E-state index < -0.39 is 0 Å². The van der Waals surface area contributed by atoms with E-state index in [-0.39, 0.29) is 5.91 Å². The number of ether oxygens (including phenoxy) is 1. The van der Waals surface area contributed by atoms with Crippen molar-refractivity contribution in [2.24, 2.45) is 5.73 Å². The molecular formula is C15H17N3O2. The summed E-state index contributed by atoms with van der Waals surface area (Å²) in [4.78, 5) is 16.0. The molecule has 0 unspecified atom stereocenters. The van der Waals surface area contributed by atoms with Crippen molar-refractivity contribution in [1.29, 1.82) is 0 Å². The molecule has 0 bridgehead atoms. The first-order chi connectivity index (χ1) is 9.74. The highest BCUT2D eigenvalue weighted by molar-refractivity contribution is 5.96. The van der Waals surface area contributed by atoms with Gasteiger partial charge in [0.25, 0.3) is 5.91 Å². The van der Waals surface area contributed by atoms with E-state index in [0.29, 0.717) is 24.4 Å². The van der Waals surface area contributed by atoms with Crippen LogP contribution in [-0.2, 0) is 13.1 Å². The van der Waals surface area contributed by atoms with E-state index >= 15 is 0 Å². The summed E-state index contributed by atoms with van der Waals surface area (Å²) >= 11 is 0. The van der Waals surface area contributed by atoms with Gasteiger partial charge in [-0.05, 0) is 17.2 Å². The molecule has 0 radical (unpaired) electrons. The molecule has 5 nitrogen and oxygen atoms in total. The molecule has 0 aliphatic carbocycles. The van der Waals surface area contributed by atoms with Crippen molar-refractivity contribution in [3.63, 3.8) is 0 Å². The second-order valence-corrected chi connectivity index (χ2v) is 4.28. The average Bonchev–Trinajstić information content (AvgIpc) is 2.53. The van der Waals surface area contributed by atoms with E-state index in [0.717, 1.165) is 11.1 Å². The van der Waals surface area contributed by atoms with E-state index in [2.05, 4.69) is 10.3 Å². The lowest BCUT2D eigenvalue weighted by molar-refractivity contribution is 0.0947. The van der Waals surface area contributed by atoms with Gasteiger partial charge in [0.2, 0.25) is 0 Å². The Bertz CT molecular complexity index is 582. The molecule has 0 spiro atoms. The predicted octanol–water partition coefficient (Wildman–Crippen LogP) is 1.48. The highest BCUT2D eigenvalue weighted by Crippen LogP contribution is 2.15. The summed E-state index contributed by atoms with van der Waals surface area (Å²) in [7, 11) is 1.51. The van der Waals surface area contributed by atoms with Crippen LogP contribution in [0, 0.1) is 0 Å². The molecule has 0 saturated heterocycles. The van der Waals surface area contributed by atoms with Gasteiger partial charge in [0.05, 0.1) is 18.9 Å². The van der Waals surface area contributed by atoms with E-state index in [1.54, 1.807) is 12.3 Å². The number of nitrogens with one attached hydrogen (secondary N) is 1. The van der Waals surface area contributed by atoms with Crippen LogP contribution in [0.25, 0.3) is 0 Å². The molecular weight excluding hydrogens is 254 g/mol. The van der Waals surface area contributed by atoms with E-state index in [1.165, 1.54) is 13.3 Å². The first kappa shape index (κ1) is 14.0. The quantitative estimate of drug-likeness (QED) is 0.863. The summed E-state index contributed by atoms with van der Waals surface area (Å²) in [6.07, 6.45) is 3.08. The van der Waals surface area contributed by atoms with Gasteiger partial charge < -0.3 is 15.8 Å². The molecule has 3 N–H and O–H groups in total. The van der Waals surface area contributed by atoms with Gasteiger partial charge in [-0.1, -0.05) is 24.3 Å². The van der Waals surface area contributed by atoms with Gasteiger partial charge in [0, 0.05) is 19.3 Å². The Labute approximate surface area is 117 Å². The third-order valence-corrected chi connectivity index (χ3v) is 2.96. The Morgan fingerprint density at radius 2 is 1.95 bits per heavy atom. The van der Waals surface area contributed by atoms with Gasteiger partial charge in [0.15, 0.2) is 0 Å². The second kappa shape index (κ2) is 6.68. The first-order valence-electron chi connectivity index (χ1n) is 6.28. The number of aromatic nitrogens is 1. The Balaban J connectivity index is 2.01. The molecule has 0 aliphatic rings. The summed E-state index contributed by atoms with van der Waals surface area (Å²) in [5.41, 5.74) is 8.10. The molecule has 0 aliphatic heterocycles. The Kier molecular flexibility index (Phi) is 4.68. The maximum absolute atomic E-state index is 12.1. The van der Waals surface area contributed by atoms with Crippen LogP contribution in [0.15, 0.2) is 42.7 Å². The molecule has 20 heavy (non-hydrogen) atoms. The van der Waals surface area contributed by atoms with Crippen LogP contribution in [0.4, 0.5) is 0 Å². The topological polar surface area (TPSA) is 77.2 Å². The molecule has 1 aromatic heterocycles. The van der Waals surface area contributed by atoms with E-state index in [1.807, 2.05) is 24.3 Å². The predicted molar refractivity (Wildman–Crippen MR) is 76.3 cm³/mol. The number of methoxy groups -OCH3 is 1. The Morgan fingerprint density at radius 3 is 2.60 bits per heavy atom. The summed E-state index contributed by atoms with van der Waals surface area (Å²) in [6, 6.07) is 9.44. The Morgan fingerprint density at radius 1 is 1.25 bits per heavy atom. The van der Waals surface area contributed by atoms with Crippen molar-refractivity contribution < 1.29 is 9.53 Å².